The van der Waals surface area contributed by atoms with Crippen LogP contribution in [0.2, 0.25) is 10.0 Å². The quantitative estimate of drug-likeness (QED) is 0.723. The Morgan fingerprint density at radius 3 is 2.50 bits per heavy atom. The van der Waals surface area contributed by atoms with Gasteiger partial charge in [0.1, 0.15) is 15.8 Å². The highest BCUT2D eigenvalue weighted by molar-refractivity contribution is 6.43. The lowest BCUT2D eigenvalue weighted by Crippen LogP contribution is -1.89. The van der Waals surface area contributed by atoms with Crippen molar-refractivity contribution in [1.82, 2.24) is 0 Å². The SMILES string of the molecule is COc1cc(O)c(Cl)c(Cl)c1F. The highest BCUT2D eigenvalue weighted by atomic mass is 35.5. The summed E-state index contributed by atoms with van der Waals surface area (Å²) in [7, 11) is 1.27. The average molecular weight is 211 g/mol. The third-order valence-corrected chi connectivity index (χ3v) is 2.15. The van der Waals surface area contributed by atoms with Crippen molar-refractivity contribution in [3.05, 3.63) is 21.9 Å². The van der Waals surface area contributed by atoms with Gasteiger partial charge in [-0.3, -0.25) is 0 Å². The molecule has 0 aromatic heterocycles. The van der Waals surface area contributed by atoms with Crippen molar-refractivity contribution in [2.75, 3.05) is 7.11 Å². The molecule has 0 unspecified atom stereocenters. The first-order valence-electron chi connectivity index (χ1n) is 2.98. The minimum Gasteiger partial charge on any atom is -0.506 e. The molecule has 5 heteroatoms. The van der Waals surface area contributed by atoms with Crippen LogP contribution in [0.15, 0.2) is 6.07 Å². The molecule has 1 aromatic carbocycles. The molecule has 0 saturated heterocycles. The smallest absolute Gasteiger partial charge is 0.185 e. The van der Waals surface area contributed by atoms with E-state index in [-0.39, 0.29) is 21.5 Å². The zero-order valence-corrected chi connectivity index (χ0v) is 7.58. The number of methoxy groups -OCH3 is 1. The molecule has 66 valence electrons. The van der Waals surface area contributed by atoms with Crippen molar-refractivity contribution < 1.29 is 14.2 Å². The molecule has 1 N–H and O–H groups in total. The number of rotatable bonds is 1. The van der Waals surface area contributed by atoms with Gasteiger partial charge in [-0.25, -0.2) is 4.39 Å². The largest absolute Gasteiger partial charge is 0.506 e. The molecule has 0 fully saturated rings. The van der Waals surface area contributed by atoms with Crippen molar-refractivity contribution in [2.45, 2.75) is 0 Å². The third-order valence-electron chi connectivity index (χ3n) is 1.31. The first-order valence-corrected chi connectivity index (χ1v) is 3.74. The van der Waals surface area contributed by atoms with Crippen LogP contribution in [0, 0.1) is 5.82 Å². The average Bonchev–Trinajstić information content (AvgIpc) is 2.08. The Morgan fingerprint density at radius 1 is 1.42 bits per heavy atom. The summed E-state index contributed by atoms with van der Waals surface area (Å²) in [4.78, 5) is 0. The second-order valence-electron chi connectivity index (χ2n) is 2.04. The lowest BCUT2D eigenvalue weighted by Gasteiger charge is -2.05. The standard InChI is InChI=1S/C7H5Cl2FO2/c1-12-4-2-3(11)5(8)6(9)7(4)10/h2,11H,1H3. The van der Waals surface area contributed by atoms with E-state index in [0.717, 1.165) is 6.07 Å². The highest BCUT2D eigenvalue weighted by Gasteiger charge is 2.15. The number of hydrogen-bond donors (Lipinski definition) is 1. The van der Waals surface area contributed by atoms with Gasteiger partial charge in [0.05, 0.1) is 7.11 Å². The number of halogens is 3. The molecule has 1 rings (SSSR count). The van der Waals surface area contributed by atoms with Crippen LogP contribution in [0.4, 0.5) is 4.39 Å². The molecule has 0 amide bonds. The van der Waals surface area contributed by atoms with E-state index in [9.17, 15) is 4.39 Å². The molecule has 0 saturated carbocycles. The molecule has 1 aromatic rings. The molecule has 2 nitrogen and oxygen atoms in total. The molecule has 12 heavy (non-hydrogen) atoms. The van der Waals surface area contributed by atoms with Crippen LogP contribution in [-0.2, 0) is 0 Å². The summed E-state index contributed by atoms with van der Waals surface area (Å²) in [6, 6.07) is 1.06. The summed E-state index contributed by atoms with van der Waals surface area (Å²) >= 11 is 10.9. The maximum atomic E-state index is 13.0. The summed E-state index contributed by atoms with van der Waals surface area (Å²) in [6.45, 7) is 0. The van der Waals surface area contributed by atoms with Gasteiger partial charge >= 0.3 is 0 Å². The Kier molecular flexibility index (Phi) is 2.65. The molecular weight excluding hydrogens is 206 g/mol. The van der Waals surface area contributed by atoms with Gasteiger partial charge < -0.3 is 9.84 Å². The zero-order chi connectivity index (χ0) is 9.30. The fourth-order valence-electron chi connectivity index (χ4n) is 0.716. The van der Waals surface area contributed by atoms with Crippen LogP contribution in [0.25, 0.3) is 0 Å². The molecule has 0 spiro atoms. The molecule has 0 aliphatic rings. The maximum Gasteiger partial charge on any atom is 0.185 e. The minimum atomic E-state index is -0.776. The van der Waals surface area contributed by atoms with Crippen LogP contribution >= 0.6 is 23.2 Å². The predicted octanol–water partition coefficient (Wildman–Crippen LogP) is 2.85. The van der Waals surface area contributed by atoms with Gasteiger partial charge in [0.2, 0.25) is 0 Å². The summed E-state index contributed by atoms with van der Waals surface area (Å²) < 4.78 is 17.6. The van der Waals surface area contributed by atoms with E-state index in [2.05, 4.69) is 4.74 Å². The number of aromatic hydroxyl groups is 1. The molecule has 0 heterocycles. The fraction of sp³-hybridized carbons (Fsp3) is 0.143. The van der Waals surface area contributed by atoms with Crippen LogP contribution in [0.1, 0.15) is 0 Å². The summed E-state index contributed by atoms with van der Waals surface area (Å²) in [5.74, 6) is -1.22. The Hall–Kier alpha value is -0.670. The second kappa shape index (κ2) is 3.37. The highest BCUT2D eigenvalue weighted by Crippen LogP contribution is 2.38. The van der Waals surface area contributed by atoms with Crippen molar-refractivity contribution >= 4 is 23.2 Å². The number of hydrogen-bond acceptors (Lipinski definition) is 2. The first kappa shape index (κ1) is 9.42. The lowest BCUT2D eigenvalue weighted by molar-refractivity contribution is 0.380. The van der Waals surface area contributed by atoms with Gasteiger partial charge in [-0.05, 0) is 0 Å². The summed E-state index contributed by atoms with van der Waals surface area (Å²) in [5.41, 5.74) is 0. The zero-order valence-electron chi connectivity index (χ0n) is 6.07. The second-order valence-corrected chi connectivity index (χ2v) is 2.80. The Morgan fingerprint density at radius 2 is 2.00 bits per heavy atom. The molecule has 0 bridgehead atoms. The van der Waals surface area contributed by atoms with Crippen LogP contribution in [0.5, 0.6) is 11.5 Å². The van der Waals surface area contributed by atoms with Gasteiger partial charge in [-0.1, -0.05) is 23.2 Å². The number of phenolic OH excluding ortho intramolecular Hbond substituents is 1. The van der Waals surface area contributed by atoms with E-state index in [1.54, 1.807) is 0 Å². The van der Waals surface area contributed by atoms with Gasteiger partial charge in [-0.15, -0.1) is 0 Å². The van der Waals surface area contributed by atoms with Gasteiger partial charge in [0.25, 0.3) is 0 Å². The van der Waals surface area contributed by atoms with Crippen LogP contribution < -0.4 is 4.74 Å². The topological polar surface area (TPSA) is 29.5 Å². The van der Waals surface area contributed by atoms with Crippen molar-refractivity contribution in [2.24, 2.45) is 0 Å². The van der Waals surface area contributed by atoms with Crippen LogP contribution in [0.3, 0.4) is 0 Å². The number of phenols is 1. The van der Waals surface area contributed by atoms with Crippen molar-refractivity contribution in [1.29, 1.82) is 0 Å². The summed E-state index contributed by atoms with van der Waals surface area (Å²) in [6.07, 6.45) is 0. The third kappa shape index (κ3) is 1.42. The van der Waals surface area contributed by atoms with E-state index >= 15 is 0 Å². The molecule has 0 aliphatic heterocycles. The van der Waals surface area contributed by atoms with E-state index < -0.39 is 5.82 Å². The van der Waals surface area contributed by atoms with E-state index in [1.165, 1.54) is 7.11 Å². The van der Waals surface area contributed by atoms with Gasteiger partial charge in [0, 0.05) is 6.07 Å². The van der Waals surface area contributed by atoms with E-state index in [4.69, 9.17) is 28.3 Å². The van der Waals surface area contributed by atoms with Gasteiger partial charge in [-0.2, -0.15) is 0 Å². The van der Waals surface area contributed by atoms with Crippen molar-refractivity contribution in [3.63, 3.8) is 0 Å². The van der Waals surface area contributed by atoms with Crippen molar-refractivity contribution in [3.8, 4) is 11.5 Å². The number of benzene rings is 1. The maximum absolute atomic E-state index is 13.0. The fourth-order valence-corrected chi connectivity index (χ4v) is 1.04. The normalized spacial score (nSPS) is 10.0. The minimum absolute atomic E-state index is 0.137. The Labute approximate surface area is 78.5 Å². The van der Waals surface area contributed by atoms with E-state index in [0.29, 0.717) is 0 Å². The molecule has 0 aliphatic carbocycles. The van der Waals surface area contributed by atoms with E-state index in [1.807, 2.05) is 0 Å². The first-order chi connectivity index (χ1) is 5.57. The molecule has 0 atom stereocenters. The lowest BCUT2D eigenvalue weighted by atomic mass is 10.3. The molecule has 0 radical (unpaired) electrons. The number of ether oxygens (including phenoxy) is 1. The monoisotopic (exact) mass is 210 g/mol. The van der Waals surface area contributed by atoms with Gasteiger partial charge in [0.15, 0.2) is 11.6 Å². The Balaban J connectivity index is 3.39. The predicted molar refractivity (Wildman–Crippen MR) is 44.6 cm³/mol. The molecular formula is C7H5Cl2FO2. The summed E-state index contributed by atoms with van der Waals surface area (Å²) in [5, 5.41) is 8.52. The Bertz CT molecular complexity index is 315. The van der Waals surface area contributed by atoms with Crippen LogP contribution in [-0.4, -0.2) is 12.2 Å².